The number of halogens is 4. The van der Waals surface area contributed by atoms with Gasteiger partial charge in [-0.1, -0.05) is 18.2 Å². The monoisotopic (exact) mass is 432 g/mol. The molecule has 0 bridgehead atoms. The van der Waals surface area contributed by atoms with E-state index in [2.05, 4.69) is 20.3 Å². The van der Waals surface area contributed by atoms with Gasteiger partial charge in [0.15, 0.2) is 5.75 Å². The Morgan fingerprint density at radius 3 is 2.39 bits per heavy atom. The van der Waals surface area contributed by atoms with Crippen LogP contribution in [-0.2, 0) is 5.54 Å². The van der Waals surface area contributed by atoms with Crippen molar-refractivity contribution in [3.05, 3.63) is 93.2 Å². The number of pyridine rings is 2. The Balaban J connectivity index is 1.98. The normalized spacial score (nSPS) is 20.6. The van der Waals surface area contributed by atoms with Gasteiger partial charge in [-0.25, -0.2) is 23.1 Å². The molecule has 2 aromatic heterocycles. The van der Waals surface area contributed by atoms with Crippen molar-refractivity contribution in [3.63, 3.8) is 0 Å². The molecule has 3 heterocycles. The molecule has 2 atom stereocenters. The van der Waals surface area contributed by atoms with Gasteiger partial charge < -0.3 is 15.4 Å². The van der Waals surface area contributed by atoms with E-state index >= 15 is 0 Å². The molecule has 0 aliphatic carbocycles. The van der Waals surface area contributed by atoms with Gasteiger partial charge in [-0.3, -0.25) is 4.79 Å². The van der Waals surface area contributed by atoms with E-state index in [0.717, 1.165) is 12.3 Å². The van der Waals surface area contributed by atoms with Crippen molar-refractivity contribution in [2.45, 2.75) is 24.9 Å². The van der Waals surface area contributed by atoms with Crippen LogP contribution in [0.4, 0.5) is 17.6 Å². The number of hydrogen-bond donors (Lipinski definition) is 3. The van der Waals surface area contributed by atoms with Gasteiger partial charge in [0.1, 0.15) is 17.2 Å². The number of H-pyrrole nitrogens is 1. The fourth-order valence-corrected chi connectivity index (χ4v) is 3.80. The number of aromatic amines is 1. The number of aromatic hydroxyl groups is 1. The van der Waals surface area contributed by atoms with Gasteiger partial charge in [-0.2, -0.15) is 4.39 Å². The van der Waals surface area contributed by atoms with Crippen LogP contribution in [0.3, 0.4) is 0 Å². The van der Waals surface area contributed by atoms with E-state index in [1.54, 1.807) is 6.92 Å². The number of nitrogens with zero attached hydrogens (tertiary/aromatic N) is 2. The van der Waals surface area contributed by atoms with Crippen LogP contribution in [0.25, 0.3) is 0 Å². The summed E-state index contributed by atoms with van der Waals surface area (Å²) in [6.07, 6.45) is -0.849. The van der Waals surface area contributed by atoms with Gasteiger partial charge in [-0.05, 0) is 30.7 Å². The molecule has 0 saturated carbocycles. The summed E-state index contributed by atoms with van der Waals surface area (Å²) in [6, 6.07) is 7.45. The third-order valence-corrected chi connectivity index (χ3v) is 5.30. The number of benzene rings is 1. The SMILES string of the molecule is C[C@@H]1NC(c2c[nH]c(=O)c(O)c2C(F)F)=N[C@@]1(c1ccc(F)cc1)c1ccc(F)nc1. The van der Waals surface area contributed by atoms with Crippen LogP contribution in [0.5, 0.6) is 5.75 Å². The van der Waals surface area contributed by atoms with E-state index in [1.165, 1.54) is 36.5 Å². The maximum atomic E-state index is 13.7. The zero-order chi connectivity index (χ0) is 22.3. The highest BCUT2D eigenvalue weighted by Crippen LogP contribution is 2.41. The maximum absolute atomic E-state index is 13.7. The molecule has 31 heavy (non-hydrogen) atoms. The highest BCUT2D eigenvalue weighted by Gasteiger charge is 2.46. The first-order chi connectivity index (χ1) is 14.7. The van der Waals surface area contributed by atoms with Crippen molar-refractivity contribution in [2.24, 2.45) is 4.99 Å². The summed E-state index contributed by atoms with van der Waals surface area (Å²) in [5.41, 5.74) is -2.45. The number of aromatic nitrogens is 2. The van der Waals surface area contributed by atoms with Gasteiger partial charge >= 0.3 is 0 Å². The van der Waals surface area contributed by atoms with E-state index in [0.29, 0.717) is 11.1 Å². The van der Waals surface area contributed by atoms with E-state index in [4.69, 9.17) is 0 Å². The molecule has 1 aliphatic heterocycles. The molecule has 0 fully saturated rings. The van der Waals surface area contributed by atoms with Gasteiger partial charge in [0, 0.05) is 23.5 Å². The van der Waals surface area contributed by atoms with Crippen LogP contribution in [0.15, 0.2) is 58.6 Å². The molecule has 4 rings (SSSR count). The first-order valence-electron chi connectivity index (χ1n) is 9.21. The standard InChI is InChI=1S/C21H16F4N4O2/c1-10-21(11-2-5-13(22)6-3-11,12-4-7-15(23)26-8-12)29-19(28-10)14-9-27-20(31)17(30)16(14)18(24)25/h2-10,18,30H,1H3,(H,27,31)(H,28,29)/t10-,21-/m0/s1. The minimum Gasteiger partial charge on any atom is -0.503 e. The first kappa shape index (κ1) is 20.6. The van der Waals surface area contributed by atoms with Crippen LogP contribution < -0.4 is 10.9 Å². The Bertz CT molecular complexity index is 1160. The lowest BCUT2D eigenvalue weighted by molar-refractivity contribution is 0.146. The minimum atomic E-state index is -3.15. The average molecular weight is 432 g/mol. The van der Waals surface area contributed by atoms with Crippen LogP contribution >= 0.6 is 0 Å². The fourth-order valence-electron chi connectivity index (χ4n) is 3.80. The number of alkyl halides is 2. The van der Waals surface area contributed by atoms with Crippen molar-refractivity contribution >= 4 is 5.84 Å². The molecular weight excluding hydrogens is 416 g/mol. The molecule has 0 amide bonds. The molecule has 1 aliphatic rings. The molecule has 10 heteroatoms. The van der Waals surface area contributed by atoms with Crippen LogP contribution in [0.2, 0.25) is 0 Å². The zero-order valence-corrected chi connectivity index (χ0v) is 16.0. The lowest BCUT2D eigenvalue weighted by atomic mass is 9.79. The molecule has 6 nitrogen and oxygen atoms in total. The third kappa shape index (κ3) is 3.33. The predicted octanol–water partition coefficient (Wildman–Crippen LogP) is 3.37. The summed E-state index contributed by atoms with van der Waals surface area (Å²) in [4.78, 5) is 22.1. The predicted molar refractivity (Wildman–Crippen MR) is 104 cm³/mol. The second kappa shape index (κ2) is 7.53. The van der Waals surface area contributed by atoms with Crippen molar-refractivity contribution in [2.75, 3.05) is 0 Å². The maximum Gasteiger partial charge on any atom is 0.290 e. The Morgan fingerprint density at radius 1 is 1.10 bits per heavy atom. The van der Waals surface area contributed by atoms with Crippen LogP contribution in [0.1, 0.15) is 35.6 Å². The molecule has 160 valence electrons. The Morgan fingerprint density at radius 2 is 1.77 bits per heavy atom. The number of rotatable bonds is 4. The molecule has 1 aromatic carbocycles. The summed E-state index contributed by atoms with van der Waals surface area (Å²) >= 11 is 0. The second-order valence-electron chi connectivity index (χ2n) is 7.06. The summed E-state index contributed by atoms with van der Waals surface area (Å²) in [5.74, 6) is -2.33. The lowest BCUT2D eigenvalue weighted by Gasteiger charge is -2.31. The lowest BCUT2D eigenvalue weighted by Crippen LogP contribution is -2.41. The largest absolute Gasteiger partial charge is 0.503 e. The Kier molecular flexibility index (Phi) is 5.00. The number of aliphatic imine (C=N–C) groups is 1. The zero-order valence-electron chi connectivity index (χ0n) is 16.0. The molecule has 0 saturated heterocycles. The van der Waals surface area contributed by atoms with E-state index in [-0.39, 0.29) is 11.4 Å². The highest BCUT2D eigenvalue weighted by atomic mass is 19.3. The summed E-state index contributed by atoms with van der Waals surface area (Å²) in [5, 5.41) is 12.9. The van der Waals surface area contributed by atoms with Crippen LogP contribution in [0, 0.1) is 11.8 Å². The minimum absolute atomic E-state index is 0.0250. The second-order valence-corrected chi connectivity index (χ2v) is 7.06. The molecule has 0 unspecified atom stereocenters. The summed E-state index contributed by atoms with van der Waals surface area (Å²) in [7, 11) is 0. The summed E-state index contributed by atoms with van der Waals surface area (Å²) in [6.45, 7) is 1.72. The van der Waals surface area contributed by atoms with Crippen molar-refractivity contribution in [1.29, 1.82) is 0 Å². The molecular formula is C21H16F4N4O2. The van der Waals surface area contributed by atoms with E-state index in [1.807, 2.05) is 0 Å². The molecule has 3 aromatic rings. The Labute approximate surface area is 173 Å². The van der Waals surface area contributed by atoms with Crippen LogP contribution in [-0.4, -0.2) is 27.0 Å². The highest BCUT2D eigenvalue weighted by molar-refractivity contribution is 6.02. The van der Waals surface area contributed by atoms with E-state index < -0.39 is 46.6 Å². The van der Waals surface area contributed by atoms with Crippen molar-refractivity contribution in [1.82, 2.24) is 15.3 Å². The first-order valence-corrected chi connectivity index (χ1v) is 9.21. The molecule has 3 N–H and O–H groups in total. The van der Waals surface area contributed by atoms with Crippen molar-refractivity contribution < 1.29 is 22.7 Å². The van der Waals surface area contributed by atoms with E-state index in [9.17, 15) is 27.5 Å². The smallest absolute Gasteiger partial charge is 0.290 e. The quantitative estimate of drug-likeness (QED) is 0.436. The molecule has 0 spiro atoms. The average Bonchev–Trinajstić information content (AvgIpc) is 3.08. The van der Waals surface area contributed by atoms with Gasteiger partial charge in [0.2, 0.25) is 5.95 Å². The molecule has 0 radical (unpaired) electrons. The fraction of sp³-hybridized carbons (Fsp3) is 0.190. The number of nitrogens with one attached hydrogen (secondary N) is 2. The topological polar surface area (TPSA) is 90.4 Å². The third-order valence-electron chi connectivity index (χ3n) is 5.30. The van der Waals surface area contributed by atoms with Gasteiger partial charge in [0.05, 0.1) is 11.6 Å². The number of amidine groups is 1. The van der Waals surface area contributed by atoms with Crippen molar-refractivity contribution in [3.8, 4) is 5.75 Å². The summed E-state index contributed by atoms with van der Waals surface area (Å²) < 4.78 is 54.3. The van der Waals surface area contributed by atoms with Gasteiger partial charge in [0.25, 0.3) is 12.0 Å². The van der Waals surface area contributed by atoms with Gasteiger partial charge in [-0.15, -0.1) is 0 Å². The number of hydrogen-bond acceptors (Lipinski definition) is 5. The Hall–Kier alpha value is -3.69.